The molecule has 0 atom stereocenters. The quantitative estimate of drug-likeness (QED) is 0.508. The number of para-hydroxylation sites is 1. The Morgan fingerprint density at radius 3 is 2.70 bits per heavy atom. The van der Waals surface area contributed by atoms with Gasteiger partial charge in [0, 0.05) is 21.5 Å². The third-order valence-electron chi connectivity index (χ3n) is 3.78. The second-order valence-electron chi connectivity index (χ2n) is 6.13. The smallest absolute Gasteiger partial charge is 0.291 e. The fraction of sp³-hybridized carbons (Fsp3) is 0.250. The molecule has 0 bridgehead atoms. The number of amides is 1. The van der Waals surface area contributed by atoms with Crippen molar-refractivity contribution in [1.82, 2.24) is 0 Å². The van der Waals surface area contributed by atoms with Crippen LogP contribution < -0.4 is 5.32 Å². The first kappa shape index (κ1) is 19.4. The maximum absolute atomic E-state index is 12.8. The van der Waals surface area contributed by atoms with Gasteiger partial charge in [-0.1, -0.05) is 36.0 Å². The molecule has 27 heavy (non-hydrogen) atoms. The minimum atomic E-state index is -2.52. The van der Waals surface area contributed by atoms with Crippen molar-refractivity contribution in [3.05, 3.63) is 59.9 Å². The van der Waals surface area contributed by atoms with Crippen LogP contribution in [0.5, 0.6) is 0 Å². The van der Waals surface area contributed by atoms with Gasteiger partial charge < -0.3 is 14.5 Å². The molecule has 3 rings (SSSR count). The molecule has 4 nitrogen and oxygen atoms in total. The average Bonchev–Trinajstić information content (AvgIpc) is 2.98. The van der Waals surface area contributed by atoms with Gasteiger partial charge in [-0.2, -0.15) is 8.78 Å². The molecule has 0 unspecified atom stereocenters. The van der Waals surface area contributed by atoms with E-state index in [-0.39, 0.29) is 18.5 Å². The number of nitrogens with one attached hydrogen (secondary N) is 1. The fourth-order valence-corrected chi connectivity index (χ4v) is 3.17. The fourth-order valence-electron chi connectivity index (χ4n) is 2.61. The van der Waals surface area contributed by atoms with Crippen molar-refractivity contribution in [1.29, 1.82) is 0 Å². The molecule has 1 aromatic heterocycles. The lowest BCUT2D eigenvalue weighted by Gasteiger charge is -2.09. The monoisotopic (exact) mass is 391 g/mol. The molecule has 0 fully saturated rings. The largest absolute Gasteiger partial charge is 0.451 e. The number of anilines is 1. The van der Waals surface area contributed by atoms with E-state index in [4.69, 9.17) is 9.15 Å². The van der Waals surface area contributed by atoms with Crippen molar-refractivity contribution in [3.63, 3.8) is 0 Å². The molecule has 0 aliphatic heterocycles. The van der Waals surface area contributed by atoms with Crippen LogP contribution in [0.4, 0.5) is 14.5 Å². The van der Waals surface area contributed by atoms with Crippen molar-refractivity contribution in [2.75, 3.05) is 5.32 Å². The Bertz CT molecular complexity index is 940. The summed E-state index contributed by atoms with van der Waals surface area (Å²) in [5.74, 6) is -2.82. The minimum Gasteiger partial charge on any atom is -0.451 e. The molecule has 0 radical (unpaired) electrons. The highest BCUT2D eigenvalue weighted by molar-refractivity contribution is 7.99. The van der Waals surface area contributed by atoms with E-state index in [9.17, 15) is 13.6 Å². The highest BCUT2D eigenvalue weighted by Crippen LogP contribution is 2.29. The second-order valence-corrected chi connectivity index (χ2v) is 7.19. The van der Waals surface area contributed by atoms with E-state index in [0.29, 0.717) is 33.5 Å². The number of benzene rings is 2. The highest BCUT2D eigenvalue weighted by atomic mass is 32.2. The Hall–Kier alpha value is -2.38. The van der Waals surface area contributed by atoms with Crippen LogP contribution in [0.25, 0.3) is 11.0 Å². The maximum Gasteiger partial charge on any atom is 0.291 e. The second kappa shape index (κ2) is 8.54. The van der Waals surface area contributed by atoms with E-state index in [1.54, 1.807) is 24.3 Å². The van der Waals surface area contributed by atoms with Crippen molar-refractivity contribution in [3.8, 4) is 0 Å². The first-order valence-corrected chi connectivity index (χ1v) is 9.30. The summed E-state index contributed by atoms with van der Waals surface area (Å²) in [4.78, 5) is 13.1. The summed E-state index contributed by atoms with van der Waals surface area (Å²) in [6.07, 6.45) is -0.00220. The number of halogens is 2. The number of alkyl halides is 2. The molecule has 1 N–H and O–H groups in total. The van der Waals surface area contributed by atoms with Gasteiger partial charge in [-0.3, -0.25) is 4.79 Å². The molecule has 142 valence electrons. The summed E-state index contributed by atoms with van der Waals surface area (Å²) in [5.41, 5.74) is 1.67. The number of carbonyl (C=O) groups is 1. The van der Waals surface area contributed by atoms with Gasteiger partial charge >= 0.3 is 0 Å². The molecule has 1 amide bonds. The summed E-state index contributed by atoms with van der Waals surface area (Å²) in [6, 6.07) is 13.7. The van der Waals surface area contributed by atoms with Gasteiger partial charge in [-0.15, -0.1) is 0 Å². The SMILES string of the molecule is CC(C)OCc1c(C(=O)Nc2cccc(SC(F)F)c2)oc2ccccc12. The first-order chi connectivity index (χ1) is 12.9. The van der Waals surface area contributed by atoms with Crippen molar-refractivity contribution >= 4 is 34.3 Å². The van der Waals surface area contributed by atoms with Gasteiger partial charge in [0.05, 0.1) is 12.7 Å². The third kappa shape index (κ3) is 4.87. The Morgan fingerprint density at radius 1 is 1.19 bits per heavy atom. The summed E-state index contributed by atoms with van der Waals surface area (Å²) < 4.78 is 36.5. The molecule has 1 heterocycles. The van der Waals surface area contributed by atoms with Crippen LogP contribution in [-0.2, 0) is 11.3 Å². The van der Waals surface area contributed by atoms with E-state index in [0.717, 1.165) is 5.39 Å². The van der Waals surface area contributed by atoms with Crippen LogP contribution in [0.3, 0.4) is 0 Å². The molecule has 2 aromatic carbocycles. The lowest BCUT2D eigenvalue weighted by molar-refractivity contribution is 0.0648. The van der Waals surface area contributed by atoms with Gasteiger partial charge in [0.2, 0.25) is 0 Å². The number of hydrogen-bond acceptors (Lipinski definition) is 4. The van der Waals surface area contributed by atoms with Crippen LogP contribution in [0.2, 0.25) is 0 Å². The molecular weight excluding hydrogens is 372 g/mol. The normalized spacial score (nSPS) is 11.5. The zero-order valence-electron chi connectivity index (χ0n) is 14.9. The molecule has 7 heteroatoms. The number of thioether (sulfide) groups is 1. The Kier molecular flexibility index (Phi) is 6.13. The first-order valence-electron chi connectivity index (χ1n) is 8.42. The lowest BCUT2D eigenvalue weighted by atomic mass is 10.1. The zero-order valence-corrected chi connectivity index (χ0v) is 15.7. The Morgan fingerprint density at radius 2 is 1.96 bits per heavy atom. The van der Waals surface area contributed by atoms with Gasteiger partial charge in [0.1, 0.15) is 5.58 Å². The molecule has 0 aliphatic carbocycles. The number of furan rings is 1. The topological polar surface area (TPSA) is 51.5 Å². The third-order valence-corrected chi connectivity index (χ3v) is 4.49. The number of fused-ring (bicyclic) bond motifs is 1. The molecule has 0 saturated carbocycles. The number of hydrogen-bond donors (Lipinski definition) is 1. The van der Waals surface area contributed by atoms with Gasteiger partial charge in [0.25, 0.3) is 11.7 Å². The number of ether oxygens (including phenoxy) is 1. The predicted molar refractivity (Wildman–Crippen MR) is 102 cm³/mol. The van der Waals surface area contributed by atoms with Crippen LogP contribution in [0.15, 0.2) is 57.8 Å². The molecular formula is C20H19F2NO3S. The summed E-state index contributed by atoms with van der Waals surface area (Å²) in [6.45, 7) is 4.06. The highest BCUT2D eigenvalue weighted by Gasteiger charge is 2.21. The summed E-state index contributed by atoms with van der Waals surface area (Å²) >= 11 is 0.426. The summed E-state index contributed by atoms with van der Waals surface area (Å²) in [7, 11) is 0. The predicted octanol–water partition coefficient (Wildman–Crippen LogP) is 5.92. The lowest BCUT2D eigenvalue weighted by Crippen LogP contribution is -2.14. The van der Waals surface area contributed by atoms with E-state index in [2.05, 4.69) is 5.32 Å². The van der Waals surface area contributed by atoms with E-state index in [1.807, 2.05) is 32.0 Å². The van der Waals surface area contributed by atoms with Crippen LogP contribution in [-0.4, -0.2) is 17.8 Å². The van der Waals surface area contributed by atoms with E-state index >= 15 is 0 Å². The van der Waals surface area contributed by atoms with Crippen molar-refractivity contribution in [2.45, 2.75) is 37.2 Å². The number of rotatable bonds is 7. The standard InChI is InChI=1S/C20H19F2NO3S/c1-12(2)25-11-16-15-8-3-4-9-17(15)26-18(16)19(24)23-13-6-5-7-14(10-13)27-20(21)22/h3-10,12,20H,11H2,1-2H3,(H,23,24). The van der Waals surface area contributed by atoms with Crippen molar-refractivity contribution < 1.29 is 22.7 Å². The summed E-state index contributed by atoms with van der Waals surface area (Å²) in [5, 5.41) is 3.52. The maximum atomic E-state index is 12.8. The van der Waals surface area contributed by atoms with Crippen LogP contribution in [0, 0.1) is 0 Å². The molecule has 0 saturated heterocycles. The van der Waals surface area contributed by atoms with E-state index < -0.39 is 11.7 Å². The van der Waals surface area contributed by atoms with Crippen LogP contribution >= 0.6 is 11.8 Å². The van der Waals surface area contributed by atoms with Gasteiger partial charge in [-0.25, -0.2) is 0 Å². The minimum absolute atomic E-state index is 0.00220. The van der Waals surface area contributed by atoms with Gasteiger partial charge in [-0.05, 0) is 38.1 Å². The number of carbonyl (C=O) groups excluding carboxylic acids is 1. The Labute approximate surface area is 159 Å². The molecule has 3 aromatic rings. The Balaban J connectivity index is 1.88. The average molecular weight is 391 g/mol. The van der Waals surface area contributed by atoms with E-state index in [1.165, 1.54) is 6.07 Å². The van der Waals surface area contributed by atoms with Crippen LogP contribution in [0.1, 0.15) is 30.0 Å². The van der Waals surface area contributed by atoms with Crippen molar-refractivity contribution in [2.24, 2.45) is 0 Å². The molecule has 0 spiro atoms. The molecule has 0 aliphatic rings. The van der Waals surface area contributed by atoms with Gasteiger partial charge in [0.15, 0.2) is 5.76 Å². The zero-order chi connectivity index (χ0) is 19.4.